The third kappa shape index (κ3) is 2.94. The Morgan fingerprint density at radius 2 is 1.63 bits per heavy atom. The van der Waals surface area contributed by atoms with E-state index in [0.717, 1.165) is 5.69 Å². The predicted octanol–water partition coefficient (Wildman–Crippen LogP) is 3.58. The summed E-state index contributed by atoms with van der Waals surface area (Å²) in [6.07, 6.45) is 0. The minimum Gasteiger partial charge on any atom is -0.478 e. The zero-order chi connectivity index (χ0) is 13.8. The van der Waals surface area contributed by atoms with E-state index in [1.165, 1.54) is 5.56 Å². The lowest BCUT2D eigenvalue weighted by Gasteiger charge is -2.27. The molecule has 1 N–H and O–H groups in total. The first-order chi connectivity index (χ1) is 9.09. The molecule has 0 fully saturated rings. The van der Waals surface area contributed by atoms with Crippen molar-refractivity contribution in [1.29, 1.82) is 0 Å². The Kier molecular flexibility index (Phi) is 3.85. The van der Waals surface area contributed by atoms with Crippen molar-refractivity contribution in [2.24, 2.45) is 0 Å². The van der Waals surface area contributed by atoms with Crippen LogP contribution in [0.15, 0.2) is 54.6 Å². The van der Waals surface area contributed by atoms with Crippen molar-refractivity contribution in [3.63, 3.8) is 0 Å². The van der Waals surface area contributed by atoms with E-state index in [0.29, 0.717) is 5.56 Å². The molecule has 0 radical (unpaired) electrons. The van der Waals surface area contributed by atoms with Gasteiger partial charge < -0.3 is 10.0 Å². The number of anilines is 1. The molecular formula is C16H17NO2. The van der Waals surface area contributed by atoms with Crippen LogP contribution in [0.4, 0.5) is 5.69 Å². The number of rotatable bonds is 4. The number of nitrogens with zero attached hydrogens (tertiary/aromatic N) is 1. The van der Waals surface area contributed by atoms with E-state index in [4.69, 9.17) is 5.11 Å². The molecule has 0 aliphatic rings. The fourth-order valence-corrected chi connectivity index (χ4v) is 2.02. The fraction of sp³-hybridized carbons (Fsp3) is 0.188. The van der Waals surface area contributed by atoms with Crippen molar-refractivity contribution >= 4 is 11.7 Å². The second-order valence-electron chi connectivity index (χ2n) is 4.55. The summed E-state index contributed by atoms with van der Waals surface area (Å²) in [6.45, 7) is 2.13. The Morgan fingerprint density at radius 1 is 1.05 bits per heavy atom. The maximum absolute atomic E-state index is 10.8. The summed E-state index contributed by atoms with van der Waals surface area (Å²) in [5.41, 5.74) is 2.54. The lowest BCUT2D eigenvalue weighted by atomic mass is 10.1. The van der Waals surface area contributed by atoms with Gasteiger partial charge in [-0.1, -0.05) is 30.3 Å². The Hall–Kier alpha value is -2.29. The summed E-state index contributed by atoms with van der Waals surface area (Å²) in [6, 6.07) is 17.4. The van der Waals surface area contributed by atoms with Crippen LogP contribution < -0.4 is 4.90 Å². The lowest BCUT2D eigenvalue weighted by molar-refractivity contribution is 0.0697. The number of carboxylic acid groups (broad SMARTS) is 1. The zero-order valence-electron chi connectivity index (χ0n) is 11.1. The SMILES string of the molecule is CC(c1ccccc1)N(C)c1ccc(C(=O)O)cc1. The van der Waals surface area contributed by atoms with Crippen molar-refractivity contribution in [3.8, 4) is 0 Å². The Labute approximate surface area is 113 Å². The largest absolute Gasteiger partial charge is 0.478 e. The van der Waals surface area contributed by atoms with E-state index in [1.807, 2.05) is 37.4 Å². The molecule has 1 atom stereocenters. The summed E-state index contributed by atoms with van der Waals surface area (Å²) in [7, 11) is 2.01. The van der Waals surface area contributed by atoms with Crippen LogP contribution in [0.1, 0.15) is 28.9 Å². The van der Waals surface area contributed by atoms with E-state index in [2.05, 4.69) is 24.0 Å². The molecule has 0 spiro atoms. The van der Waals surface area contributed by atoms with E-state index in [-0.39, 0.29) is 6.04 Å². The molecule has 3 heteroatoms. The third-order valence-electron chi connectivity index (χ3n) is 3.38. The van der Waals surface area contributed by atoms with Gasteiger partial charge in [-0.25, -0.2) is 4.79 Å². The quantitative estimate of drug-likeness (QED) is 0.907. The maximum Gasteiger partial charge on any atom is 0.335 e. The summed E-state index contributed by atoms with van der Waals surface area (Å²) < 4.78 is 0. The number of hydrogen-bond donors (Lipinski definition) is 1. The second-order valence-corrected chi connectivity index (χ2v) is 4.55. The highest BCUT2D eigenvalue weighted by Crippen LogP contribution is 2.25. The van der Waals surface area contributed by atoms with Gasteiger partial charge in [-0.2, -0.15) is 0 Å². The van der Waals surface area contributed by atoms with Crippen LogP contribution in [-0.4, -0.2) is 18.1 Å². The lowest BCUT2D eigenvalue weighted by Crippen LogP contribution is -2.21. The summed E-state index contributed by atoms with van der Waals surface area (Å²) in [5.74, 6) is -0.898. The van der Waals surface area contributed by atoms with Crippen LogP contribution in [0.2, 0.25) is 0 Å². The van der Waals surface area contributed by atoms with Gasteiger partial charge in [0.25, 0.3) is 0 Å². The number of carbonyl (C=O) groups is 1. The summed E-state index contributed by atoms with van der Waals surface area (Å²) in [4.78, 5) is 12.9. The van der Waals surface area contributed by atoms with Crippen molar-refractivity contribution in [2.45, 2.75) is 13.0 Å². The molecule has 2 aromatic rings. The molecule has 19 heavy (non-hydrogen) atoms. The average Bonchev–Trinajstić information content (AvgIpc) is 2.46. The standard InChI is InChI=1S/C16H17NO2/c1-12(13-6-4-3-5-7-13)17(2)15-10-8-14(9-11-15)16(18)19/h3-12H,1-2H3,(H,18,19). The zero-order valence-corrected chi connectivity index (χ0v) is 11.1. The van der Waals surface area contributed by atoms with Crippen LogP contribution in [0, 0.1) is 0 Å². The van der Waals surface area contributed by atoms with Gasteiger partial charge in [-0.15, -0.1) is 0 Å². The number of hydrogen-bond acceptors (Lipinski definition) is 2. The monoisotopic (exact) mass is 255 g/mol. The molecule has 0 amide bonds. The number of aromatic carboxylic acids is 1. The van der Waals surface area contributed by atoms with E-state index >= 15 is 0 Å². The van der Waals surface area contributed by atoms with Crippen molar-refractivity contribution in [1.82, 2.24) is 0 Å². The highest BCUT2D eigenvalue weighted by Gasteiger charge is 2.12. The summed E-state index contributed by atoms with van der Waals surface area (Å²) in [5, 5.41) is 8.89. The Bertz CT molecular complexity index is 549. The fourth-order valence-electron chi connectivity index (χ4n) is 2.02. The molecule has 0 aromatic heterocycles. The first-order valence-corrected chi connectivity index (χ1v) is 6.20. The second kappa shape index (κ2) is 5.57. The number of carboxylic acids is 1. The van der Waals surface area contributed by atoms with E-state index in [1.54, 1.807) is 12.1 Å². The van der Waals surface area contributed by atoms with Gasteiger partial charge in [0.1, 0.15) is 0 Å². The smallest absolute Gasteiger partial charge is 0.335 e. The molecule has 0 saturated carbocycles. The van der Waals surface area contributed by atoms with Crippen molar-refractivity contribution in [2.75, 3.05) is 11.9 Å². The molecule has 1 unspecified atom stereocenters. The van der Waals surface area contributed by atoms with Crippen molar-refractivity contribution < 1.29 is 9.90 Å². The molecule has 98 valence electrons. The molecule has 0 saturated heterocycles. The van der Waals surface area contributed by atoms with Gasteiger partial charge in [-0.05, 0) is 36.8 Å². The van der Waals surface area contributed by atoms with Gasteiger partial charge in [0.15, 0.2) is 0 Å². The average molecular weight is 255 g/mol. The van der Waals surface area contributed by atoms with Gasteiger partial charge in [0.05, 0.1) is 11.6 Å². The van der Waals surface area contributed by atoms with E-state index < -0.39 is 5.97 Å². The van der Waals surface area contributed by atoms with Crippen LogP contribution in [-0.2, 0) is 0 Å². The molecule has 0 aliphatic carbocycles. The third-order valence-corrected chi connectivity index (χ3v) is 3.38. The van der Waals surface area contributed by atoms with Crippen molar-refractivity contribution in [3.05, 3.63) is 65.7 Å². The molecule has 3 nitrogen and oxygen atoms in total. The highest BCUT2D eigenvalue weighted by atomic mass is 16.4. The first kappa shape index (κ1) is 13.1. The Morgan fingerprint density at radius 3 is 2.16 bits per heavy atom. The van der Waals surface area contributed by atoms with E-state index in [9.17, 15) is 4.79 Å². The predicted molar refractivity (Wildman–Crippen MR) is 76.7 cm³/mol. The molecule has 2 rings (SSSR count). The van der Waals surface area contributed by atoms with Gasteiger partial charge in [-0.3, -0.25) is 0 Å². The van der Waals surface area contributed by atoms with Crippen LogP contribution in [0.25, 0.3) is 0 Å². The van der Waals surface area contributed by atoms with Gasteiger partial charge >= 0.3 is 5.97 Å². The topological polar surface area (TPSA) is 40.5 Å². The van der Waals surface area contributed by atoms with Gasteiger partial charge in [0, 0.05) is 12.7 Å². The van der Waals surface area contributed by atoms with Crippen LogP contribution in [0.5, 0.6) is 0 Å². The highest BCUT2D eigenvalue weighted by molar-refractivity contribution is 5.88. The molecule has 0 heterocycles. The first-order valence-electron chi connectivity index (χ1n) is 6.20. The number of benzene rings is 2. The molecule has 0 aliphatic heterocycles. The minimum atomic E-state index is -0.898. The molecule has 0 bridgehead atoms. The Balaban J connectivity index is 2.19. The minimum absolute atomic E-state index is 0.233. The maximum atomic E-state index is 10.8. The van der Waals surface area contributed by atoms with Crippen LogP contribution in [0.3, 0.4) is 0 Å². The van der Waals surface area contributed by atoms with Crippen LogP contribution >= 0.6 is 0 Å². The molecule has 2 aromatic carbocycles. The van der Waals surface area contributed by atoms with Gasteiger partial charge in [0.2, 0.25) is 0 Å². The molecular weight excluding hydrogens is 238 g/mol. The normalized spacial score (nSPS) is 11.9. The summed E-state index contributed by atoms with van der Waals surface area (Å²) >= 11 is 0.